The molecule has 0 radical (unpaired) electrons. The maximum Gasteiger partial charge on any atom is 0.251 e. The Balaban J connectivity index is 1.73. The number of benzene rings is 2. The van der Waals surface area contributed by atoms with Crippen molar-refractivity contribution in [2.45, 2.75) is 33.3 Å². The van der Waals surface area contributed by atoms with Crippen LogP contribution in [0.5, 0.6) is 0 Å². The van der Waals surface area contributed by atoms with Crippen molar-refractivity contribution in [1.82, 2.24) is 14.9 Å². The molecule has 0 bridgehead atoms. The molecule has 136 valence electrons. The Bertz CT molecular complexity index is 885. The summed E-state index contributed by atoms with van der Waals surface area (Å²) in [6.07, 6.45) is 1.02. The van der Waals surface area contributed by atoms with Crippen molar-refractivity contribution in [2.75, 3.05) is 13.2 Å². The van der Waals surface area contributed by atoms with Crippen LogP contribution in [0.4, 0.5) is 0 Å². The zero-order valence-electron chi connectivity index (χ0n) is 15.5. The average Bonchev–Trinajstić information content (AvgIpc) is 2.96. The number of nitrogens with zero attached hydrogens (tertiary/aromatic N) is 2. The van der Waals surface area contributed by atoms with Gasteiger partial charge in [0.1, 0.15) is 5.82 Å². The first kappa shape index (κ1) is 18.1. The van der Waals surface area contributed by atoms with E-state index in [9.17, 15) is 4.79 Å². The van der Waals surface area contributed by atoms with Crippen LogP contribution in [-0.4, -0.2) is 34.7 Å². The van der Waals surface area contributed by atoms with E-state index < -0.39 is 0 Å². The van der Waals surface area contributed by atoms with Gasteiger partial charge < -0.3 is 10.1 Å². The molecular weight excluding hydrogens is 326 g/mol. The zero-order valence-corrected chi connectivity index (χ0v) is 15.5. The maximum atomic E-state index is 12.4. The number of rotatable bonds is 7. The van der Waals surface area contributed by atoms with Gasteiger partial charge in [-0.1, -0.05) is 18.2 Å². The molecule has 0 aliphatic carbocycles. The molecule has 26 heavy (non-hydrogen) atoms. The van der Waals surface area contributed by atoms with Crippen LogP contribution in [0.25, 0.3) is 16.7 Å². The monoisotopic (exact) mass is 351 g/mol. The Labute approximate surface area is 154 Å². The van der Waals surface area contributed by atoms with Gasteiger partial charge in [-0.05, 0) is 57.5 Å². The second-order valence-corrected chi connectivity index (χ2v) is 6.56. The van der Waals surface area contributed by atoms with Crippen LogP contribution in [0.1, 0.15) is 36.5 Å². The third-order valence-corrected chi connectivity index (χ3v) is 4.16. The molecule has 0 unspecified atom stereocenters. The minimum atomic E-state index is -0.0802. The molecule has 0 saturated carbocycles. The molecule has 0 spiro atoms. The lowest BCUT2D eigenvalue weighted by Gasteiger charge is -2.09. The summed E-state index contributed by atoms with van der Waals surface area (Å²) in [4.78, 5) is 17.0. The summed E-state index contributed by atoms with van der Waals surface area (Å²) in [5, 5.41) is 2.94. The maximum absolute atomic E-state index is 12.4. The van der Waals surface area contributed by atoms with Gasteiger partial charge >= 0.3 is 0 Å². The first-order valence-electron chi connectivity index (χ1n) is 9.00. The first-order valence-corrected chi connectivity index (χ1v) is 9.00. The van der Waals surface area contributed by atoms with E-state index in [4.69, 9.17) is 4.74 Å². The number of nitrogens with one attached hydrogen (secondary N) is 1. The highest BCUT2D eigenvalue weighted by Crippen LogP contribution is 2.22. The quantitative estimate of drug-likeness (QED) is 0.657. The highest BCUT2D eigenvalue weighted by Gasteiger charge is 2.12. The van der Waals surface area contributed by atoms with Gasteiger partial charge in [-0.2, -0.15) is 0 Å². The fourth-order valence-corrected chi connectivity index (χ4v) is 2.94. The minimum absolute atomic E-state index is 0.0802. The summed E-state index contributed by atoms with van der Waals surface area (Å²) in [6, 6.07) is 15.8. The number of para-hydroxylation sites is 1. The predicted octanol–water partition coefficient (Wildman–Crippen LogP) is 3.88. The van der Waals surface area contributed by atoms with E-state index in [-0.39, 0.29) is 12.0 Å². The summed E-state index contributed by atoms with van der Waals surface area (Å²) in [5.74, 6) is 0.818. The van der Waals surface area contributed by atoms with Crippen molar-refractivity contribution in [3.8, 4) is 5.69 Å². The Morgan fingerprint density at radius 2 is 1.96 bits per heavy atom. The number of carbonyl (C=O) groups excluding carboxylic acids is 1. The molecule has 0 aliphatic rings. The van der Waals surface area contributed by atoms with Crippen LogP contribution in [0, 0.1) is 6.92 Å². The molecule has 1 heterocycles. The van der Waals surface area contributed by atoms with Gasteiger partial charge in [-0.15, -0.1) is 0 Å². The van der Waals surface area contributed by atoms with Crippen molar-refractivity contribution >= 4 is 16.9 Å². The second-order valence-electron chi connectivity index (χ2n) is 6.56. The van der Waals surface area contributed by atoms with Crippen molar-refractivity contribution in [2.24, 2.45) is 0 Å². The molecule has 1 amide bonds. The average molecular weight is 351 g/mol. The molecule has 0 aliphatic heterocycles. The third-order valence-electron chi connectivity index (χ3n) is 4.16. The van der Waals surface area contributed by atoms with E-state index in [0.717, 1.165) is 29.0 Å². The number of aromatic nitrogens is 2. The SMILES string of the molecule is Cc1nc2cc(C(=O)NCCCOC(C)C)ccc2n1-c1ccccc1. The molecule has 5 heteroatoms. The molecule has 1 aromatic heterocycles. The molecule has 0 atom stereocenters. The largest absolute Gasteiger partial charge is 0.379 e. The van der Waals surface area contributed by atoms with E-state index in [1.807, 2.05) is 69.3 Å². The van der Waals surface area contributed by atoms with Crippen LogP contribution in [-0.2, 0) is 4.74 Å². The summed E-state index contributed by atoms with van der Waals surface area (Å²) in [6.45, 7) is 7.23. The number of fused-ring (bicyclic) bond motifs is 1. The topological polar surface area (TPSA) is 56.1 Å². The summed E-state index contributed by atoms with van der Waals surface area (Å²) >= 11 is 0. The standard InChI is InChI=1S/C21H25N3O2/c1-15(2)26-13-7-12-22-21(25)17-10-11-20-19(14-17)23-16(3)24(20)18-8-5-4-6-9-18/h4-6,8-11,14-15H,7,12-13H2,1-3H3,(H,22,25). The van der Waals surface area contributed by atoms with Gasteiger partial charge in [0.05, 0.1) is 17.1 Å². The fraction of sp³-hybridized carbons (Fsp3) is 0.333. The van der Waals surface area contributed by atoms with Crippen molar-refractivity contribution in [1.29, 1.82) is 0 Å². The molecule has 5 nitrogen and oxygen atoms in total. The number of carbonyl (C=O) groups is 1. The third kappa shape index (κ3) is 4.11. The highest BCUT2D eigenvalue weighted by molar-refractivity contribution is 5.97. The van der Waals surface area contributed by atoms with Gasteiger partial charge in [-0.25, -0.2) is 4.98 Å². The van der Waals surface area contributed by atoms with Gasteiger partial charge in [0.2, 0.25) is 0 Å². The zero-order chi connectivity index (χ0) is 18.5. The number of hydrogen-bond donors (Lipinski definition) is 1. The van der Waals surface area contributed by atoms with E-state index in [2.05, 4.69) is 14.9 Å². The highest BCUT2D eigenvalue weighted by atomic mass is 16.5. The summed E-state index contributed by atoms with van der Waals surface area (Å²) < 4.78 is 7.58. The Morgan fingerprint density at radius 1 is 1.19 bits per heavy atom. The van der Waals surface area contributed by atoms with Crippen LogP contribution in [0.15, 0.2) is 48.5 Å². The Morgan fingerprint density at radius 3 is 2.69 bits per heavy atom. The van der Waals surface area contributed by atoms with E-state index in [1.54, 1.807) is 0 Å². The van der Waals surface area contributed by atoms with Gasteiger partial charge in [0.15, 0.2) is 0 Å². The number of ether oxygens (including phenoxy) is 1. The number of imidazole rings is 1. The van der Waals surface area contributed by atoms with Crippen LogP contribution in [0.2, 0.25) is 0 Å². The Hall–Kier alpha value is -2.66. The van der Waals surface area contributed by atoms with Gasteiger partial charge in [-0.3, -0.25) is 9.36 Å². The normalized spacial score (nSPS) is 11.2. The second kappa shape index (κ2) is 8.15. The van der Waals surface area contributed by atoms with Crippen molar-refractivity contribution < 1.29 is 9.53 Å². The summed E-state index contributed by atoms with van der Waals surface area (Å²) in [5.41, 5.74) is 3.51. The summed E-state index contributed by atoms with van der Waals surface area (Å²) in [7, 11) is 0. The van der Waals surface area contributed by atoms with Crippen LogP contribution in [0.3, 0.4) is 0 Å². The smallest absolute Gasteiger partial charge is 0.251 e. The van der Waals surface area contributed by atoms with E-state index in [0.29, 0.717) is 18.7 Å². The molecule has 3 aromatic rings. The molecule has 2 aromatic carbocycles. The van der Waals surface area contributed by atoms with Crippen molar-refractivity contribution in [3.05, 3.63) is 59.9 Å². The molecule has 0 fully saturated rings. The number of hydrogen-bond acceptors (Lipinski definition) is 3. The molecule has 0 saturated heterocycles. The van der Waals surface area contributed by atoms with Gasteiger partial charge in [0, 0.05) is 24.4 Å². The lowest BCUT2D eigenvalue weighted by Crippen LogP contribution is -2.25. The van der Waals surface area contributed by atoms with Crippen molar-refractivity contribution in [3.63, 3.8) is 0 Å². The minimum Gasteiger partial charge on any atom is -0.379 e. The molecule has 3 rings (SSSR count). The van der Waals surface area contributed by atoms with Gasteiger partial charge in [0.25, 0.3) is 5.91 Å². The lowest BCUT2D eigenvalue weighted by molar-refractivity contribution is 0.0757. The fourth-order valence-electron chi connectivity index (χ4n) is 2.94. The van der Waals surface area contributed by atoms with E-state index in [1.165, 1.54) is 0 Å². The number of aryl methyl sites for hydroxylation is 1. The van der Waals surface area contributed by atoms with Crippen LogP contribution < -0.4 is 5.32 Å². The molecular formula is C21H25N3O2. The lowest BCUT2D eigenvalue weighted by atomic mass is 10.2. The predicted molar refractivity (Wildman–Crippen MR) is 104 cm³/mol. The number of amides is 1. The Kier molecular flexibility index (Phi) is 5.68. The van der Waals surface area contributed by atoms with Crippen LogP contribution >= 0.6 is 0 Å². The van der Waals surface area contributed by atoms with E-state index >= 15 is 0 Å². The first-order chi connectivity index (χ1) is 12.6. The molecule has 1 N–H and O–H groups in total.